The van der Waals surface area contributed by atoms with E-state index in [-0.39, 0.29) is 17.4 Å². The van der Waals surface area contributed by atoms with Crippen LogP contribution in [0.5, 0.6) is 5.88 Å². The Morgan fingerprint density at radius 2 is 2.08 bits per heavy atom. The molecule has 1 aromatic carbocycles. The summed E-state index contributed by atoms with van der Waals surface area (Å²) in [5.41, 5.74) is 1.05. The van der Waals surface area contributed by atoms with Gasteiger partial charge in [0.2, 0.25) is 5.88 Å². The number of ether oxygens (including phenoxy) is 1. The number of nitrogens with one attached hydrogen (secondary N) is 3. The van der Waals surface area contributed by atoms with Crippen LogP contribution in [0.15, 0.2) is 24.5 Å². The zero-order valence-electron chi connectivity index (χ0n) is 14.6. The van der Waals surface area contributed by atoms with Gasteiger partial charge in [0, 0.05) is 12.6 Å². The van der Waals surface area contributed by atoms with Crippen LogP contribution in [-0.2, 0) is 0 Å². The summed E-state index contributed by atoms with van der Waals surface area (Å²) in [6, 6.07) is 6.40. The molecule has 1 fully saturated rings. The number of nitrogens with zero attached hydrogens (tertiary/aromatic N) is 3. The van der Waals surface area contributed by atoms with Crippen molar-refractivity contribution in [1.29, 1.82) is 5.26 Å². The lowest BCUT2D eigenvalue weighted by Crippen LogP contribution is -2.34. The minimum atomic E-state index is -0.525. The number of benzene rings is 1. The lowest BCUT2D eigenvalue weighted by molar-refractivity contribution is 0.156. The average molecular weight is 356 g/mol. The van der Waals surface area contributed by atoms with Gasteiger partial charge in [-0.25, -0.2) is 14.4 Å². The molecule has 0 radical (unpaired) electrons. The molecule has 1 aromatic heterocycles. The smallest absolute Gasteiger partial charge is 0.218 e. The first-order chi connectivity index (χ1) is 12.7. The van der Waals surface area contributed by atoms with Crippen LogP contribution in [-0.4, -0.2) is 35.7 Å². The van der Waals surface area contributed by atoms with Gasteiger partial charge in [-0.1, -0.05) is 0 Å². The van der Waals surface area contributed by atoms with Gasteiger partial charge in [0.05, 0.1) is 16.9 Å². The van der Waals surface area contributed by atoms with E-state index in [0.29, 0.717) is 23.9 Å². The van der Waals surface area contributed by atoms with Crippen LogP contribution in [0.1, 0.15) is 25.3 Å². The van der Waals surface area contributed by atoms with Crippen LogP contribution < -0.4 is 20.7 Å². The fourth-order valence-electron chi connectivity index (χ4n) is 2.79. The number of rotatable bonds is 6. The predicted molar refractivity (Wildman–Crippen MR) is 97.1 cm³/mol. The standard InChI is InChI=1S/C18H21FN6O/c1-2-22-15-8-16(14(19)7-12(15)10-20)25-17-9-18(24-11-23-17)26-13-3-5-21-6-4-13/h7-9,11,13,21-22H,2-6H2,1H3,(H,23,24,25). The van der Waals surface area contributed by atoms with Crippen molar-refractivity contribution < 1.29 is 9.13 Å². The number of halogens is 1. The maximum absolute atomic E-state index is 14.3. The summed E-state index contributed by atoms with van der Waals surface area (Å²) in [5.74, 6) is 0.355. The average Bonchev–Trinajstić information content (AvgIpc) is 2.65. The van der Waals surface area contributed by atoms with Crippen molar-refractivity contribution in [2.24, 2.45) is 0 Å². The van der Waals surface area contributed by atoms with Crippen molar-refractivity contribution in [1.82, 2.24) is 15.3 Å². The molecule has 1 aliphatic heterocycles. The SMILES string of the molecule is CCNc1cc(Nc2cc(OC3CCNCC3)ncn2)c(F)cc1C#N. The summed E-state index contributed by atoms with van der Waals surface area (Å²) in [6.45, 7) is 4.38. The van der Waals surface area contributed by atoms with Crippen molar-refractivity contribution in [2.75, 3.05) is 30.3 Å². The first kappa shape index (κ1) is 17.9. The Balaban J connectivity index is 1.77. The molecule has 2 aromatic rings. The van der Waals surface area contributed by atoms with E-state index in [0.717, 1.165) is 25.9 Å². The fraction of sp³-hybridized carbons (Fsp3) is 0.389. The third-order valence-corrected chi connectivity index (χ3v) is 4.07. The van der Waals surface area contributed by atoms with Crippen molar-refractivity contribution in [2.45, 2.75) is 25.9 Å². The van der Waals surface area contributed by atoms with Gasteiger partial charge in [-0.15, -0.1) is 0 Å². The minimum Gasteiger partial charge on any atom is -0.474 e. The highest BCUT2D eigenvalue weighted by molar-refractivity contribution is 5.69. The van der Waals surface area contributed by atoms with Crippen LogP contribution in [0.3, 0.4) is 0 Å². The van der Waals surface area contributed by atoms with E-state index >= 15 is 0 Å². The second-order valence-corrected chi connectivity index (χ2v) is 5.95. The highest BCUT2D eigenvalue weighted by atomic mass is 19.1. The van der Waals surface area contributed by atoms with Crippen LogP contribution in [0.25, 0.3) is 0 Å². The fourth-order valence-corrected chi connectivity index (χ4v) is 2.79. The summed E-state index contributed by atoms with van der Waals surface area (Å²) < 4.78 is 20.2. The largest absolute Gasteiger partial charge is 0.474 e. The number of hydrogen-bond donors (Lipinski definition) is 3. The Hall–Kier alpha value is -2.92. The highest BCUT2D eigenvalue weighted by Crippen LogP contribution is 2.27. The molecule has 2 heterocycles. The van der Waals surface area contributed by atoms with Gasteiger partial charge in [0.1, 0.15) is 30.1 Å². The number of hydrogen-bond acceptors (Lipinski definition) is 7. The molecule has 0 atom stereocenters. The van der Waals surface area contributed by atoms with E-state index < -0.39 is 5.82 Å². The Morgan fingerprint density at radius 1 is 1.27 bits per heavy atom. The third kappa shape index (κ3) is 4.37. The quantitative estimate of drug-likeness (QED) is 0.732. The normalized spacial score (nSPS) is 14.5. The third-order valence-electron chi connectivity index (χ3n) is 4.07. The van der Waals surface area contributed by atoms with Crippen molar-refractivity contribution >= 4 is 17.2 Å². The number of aromatic nitrogens is 2. The van der Waals surface area contributed by atoms with E-state index in [4.69, 9.17) is 10.00 Å². The highest BCUT2D eigenvalue weighted by Gasteiger charge is 2.16. The van der Waals surface area contributed by atoms with Gasteiger partial charge in [-0.2, -0.15) is 5.26 Å². The Labute approximate surface area is 151 Å². The van der Waals surface area contributed by atoms with Gasteiger partial charge in [-0.05, 0) is 45.0 Å². The lowest BCUT2D eigenvalue weighted by Gasteiger charge is -2.23. The molecule has 7 nitrogen and oxygen atoms in total. The minimum absolute atomic E-state index is 0.117. The monoisotopic (exact) mass is 356 g/mol. The van der Waals surface area contributed by atoms with Gasteiger partial charge < -0.3 is 20.7 Å². The maximum Gasteiger partial charge on any atom is 0.218 e. The molecule has 0 spiro atoms. The van der Waals surface area contributed by atoms with Gasteiger partial charge in [-0.3, -0.25) is 0 Å². The Bertz CT molecular complexity index is 801. The second-order valence-electron chi connectivity index (χ2n) is 5.95. The van der Waals surface area contributed by atoms with Crippen molar-refractivity contribution in [3.05, 3.63) is 35.9 Å². The molecule has 0 amide bonds. The lowest BCUT2D eigenvalue weighted by atomic mass is 10.1. The predicted octanol–water partition coefficient (Wildman–Crippen LogP) is 2.79. The molecule has 0 bridgehead atoms. The Kier molecular flexibility index (Phi) is 5.81. The zero-order valence-corrected chi connectivity index (χ0v) is 14.6. The molecule has 1 saturated heterocycles. The van der Waals surface area contributed by atoms with E-state index in [1.165, 1.54) is 12.4 Å². The summed E-state index contributed by atoms with van der Waals surface area (Å²) in [7, 11) is 0. The molecule has 3 N–H and O–H groups in total. The van der Waals surface area contributed by atoms with E-state index in [1.54, 1.807) is 12.1 Å². The topological polar surface area (TPSA) is 94.9 Å². The van der Waals surface area contributed by atoms with E-state index in [1.807, 2.05) is 13.0 Å². The molecule has 1 aliphatic rings. The van der Waals surface area contributed by atoms with Crippen molar-refractivity contribution in [3.8, 4) is 11.9 Å². The van der Waals surface area contributed by atoms with Crippen molar-refractivity contribution in [3.63, 3.8) is 0 Å². The van der Waals surface area contributed by atoms with Crippen LogP contribution in [0, 0.1) is 17.1 Å². The first-order valence-corrected chi connectivity index (χ1v) is 8.63. The summed E-state index contributed by atoms with van der Waals surface area (Å²) >= 11 is 0. The molecule has 3 rings (SSSR count). The van der Waals surface area contributed by atoms with Gasteiger partial charge in [0.15, 0.2) is 0 Å². The molecule has 0 unspecified atom stereocenters. The number of nitriles is 1. The van der Waals surface area contributed by atoms with Crippen LogP contribution in [0.4, 0.5) is 21.6 Å². The molecule has 136 valence electrons. The summed E-state index contributed by atoms with van der Waals surface area (Å²) in [4.78, 5) is 8.25. The summed E-state index contributed by atoms with van der Waals surface area (Å²) in [6.07, 6.45) is 3.34. The molecule has 0 saturated carbocycles. The van der Waals surface area contributed by atoms with Crippen LogP contribution >= 0.6 is 0 Å². The number of anilines is 3. The number of piperidine rings is 1. The zero-order chi connectivity index (χ0) is 18.4. The van der Waals surface area contributed by atoms with E-state index in [2.05, 4.69) is 25.9 Å². The summed E-state index contributed by atoms with van der Waals surface area (Å²) in [5, 5.41) is 18.4. The molecule has 8 heteroatoms. The molecular weight excluding hydrogens is 335 g/mol. The molecule has 0 aliphatic carbocycles. The van der Waals surface area contributed by atoms with Gasteiger partial charge in [0.25, 0.3) is 0 Å². The first-order valence-electron chi connectivity index (χ1n) is 8.63. The van der Waals surface area contributed by atoms with E-state index in [9.17, 15) is 4.39 Å². The second kappa shape index (κ2) is 8.45. The molecular formula is C18H21FN6O. The van der Waals surface area contributed by atoms with Gasteiger partial charge >= 0.3 is 0 Å². The van der Waals surface area contributed by atoms with Crippen LogP contribution in [0.2, 0.25) is 0 Å². The molecule has 26 heavy (non-hydrogen) atoms. The maximum atomic E-state index is 14.3. The Morgan fingerprint density at radius 3 is 2.81 bits per heavy atom.